The molecule has 0 radical (unpaired) electrons. The number of aryl methyl sites for hydroxylation is 2. The number of ether oxygens (including phenoxy) is 1. The van der Waals surface area contributed by atoms with E-state index < -0.39 is 0 Å². The molecule has 3 nitrogen and oxygen atoms in total. The van der Waals surface area contributed by atoms with E-state index in [4.69, 9.17) is 4.74 Å². The van der Waals surface area contributed by atoms with Gasteiger partial charge in [-0.05, 0) is 32.8 Å². The lowest BCUT2D eigenvalue weighted by atomic mass is 9.90. The van der Waals surface area contributed by atoms with E-state index in [2.05, 4.69) is 11.8 Å². The van der Waals surface area contributed by atoms with Gasteiger partial charge in [-0.15, -0.1) is 11.3 Å². The highest BCUT2D eigenvalue weighted by atomic mass is 32.1. The Morgan fingerprint density at radius 3 is 2.95 bits per heavy atom. The van der Waals surface area contributed by atoms with E-state index in [9.17, 15) is 4.79 Å². The minimum atomic E-state index is 0.276. The van der Waals surface area contributed by atoms with Crippen molar-refractivity contribution in [2.75, 3.05) is 19.7 Å². The Labute approximate surface area is 124 Å². The van der Waals surface area contributed by atoms with Crippen LogP contribution in [-0.2, 0) is 4.74 Å². The maximum atomic E-state index is 12.5. The summed E-state index contributed by atoms with van der Waals surface area (Å²) >= 11 is 1.72. The van der Waals surface area contributed by atoms with E-state index in [0.29, 0.717) is 18.7 Å². The molecule has 1 aliphatic carbocycles. The fourth-order valence-electron chi connectivity index (χ4n) is 3.55. The van der Waals surface area contributed by atoms with E-state index in [1.165, 1.54) is 24.1 Å². The van der Waals surface area contributed by atoms with Gasteiger partial charge in [0.1, 0.15) is 0 Å². The van der Waals surface area contributed by atoms with Gasteiger partial charge in [0, 0.05) is 27.9 Å². The summed E-state index contributed by atoms with van der Waals surface area (Å²) in [6.45, 7) is 6.35. The fraction of sp³-hybridized carbons (Fsp3) is 0.688. The Kier molecular flexibility index (Phi) is 4.24. The lowest BCUT2D eigenvalue weighted by molar-refractivity contribution is -0.0846. The van der Waals surface area contributed by atoms with Gasteiger partial charge in [0.2, 0.25) is 0 Å². The van der Waals surface area contributed by atoms with Crippen molar-refractivity contribution in [3.8, 4) is 0 Å². The number of Topliss-reactive ketones (excluding diaryl/α,β-unsaturated/α-hetero) is 1. The van der Waals surface area contributed by atoms with Gasteiger partial charge in [-0.2, -0.15) is 0 Å². The van der Waals surface area contributed by atoms with Crippen LogP contribution in [0, 0.1) is 13.8 Å². The topological polar surface area (TPSA) is 29.5 Å². The number of carbonyl (C=O) groups excluding carboxylic acids is 1. The molecule has 20 heavy (non-hydrogen) atoms. The van der Waals surface area contributed by atoms with Crippen molar-refractivity contribution in [1.82, 2.24) is 4.90 Å². The lowest BCUT2D eigenvalue weighted by Gasteiger charge is -2.43. The van der Waals surface area contributed by atoms with Crippen LogP contribution in [0.15, 0.2) is 6.07 Å². The summed E-state index contributed by atoms with van der Waals surface area (Å²) in [6, 6.07) is 2.50. The average molecular weight is 293 g/mol. The minimum absolute atomic E-state index is 0.276. The van der Waals surface area contributed by atoms with Crippen molar-refractivity contribution in [2.24, 2.45) is 0 Å². The fourth-order valence-corrected chi connectivity index (χ4v) is 4.49. The quantitative estimate of drug-likeness (QED) is 0.802. The molecule has 1 saturated heterocycles. The Balaban J connectivity index is 1.70. The lowest BCUT2D eigenvalue weighted by Crippen LogP contribution is -2.53. The largest absolute Gasteiger partial charge is 0.375 e. The molecule has 4 heteroatoms. The van der Waals surface area contributed by atoms with Crippen LogP contribution < -0.4 is 0 Å². The van der Waals surface area contributed by atoms with E-state index in [0.717, 1.165) is 30.0 Å². The van der Waals surface area contributed by atoms with Crippen molar-refractivity contribution in [1.29, 1.82) is 0 Å². The summed E-state index contributed by atoms with van der Waals surface area (Å²) in [6.07, 6.45) is 5.24. The molecule has 3 rings (SSSR count). The monoisotopic (exact) mass is 293 g/mol. The molecule has 1 aliphatic heterocycles. The predicted octanol–water partition coefficient (Wildman–Crippen LogP) is 3.19. The summed E-state index contributed by atoms with van der Waals surface area (Å²) in [4.78, 5) is 17.3. The number of rotatable bonds is 3. The molecular formula is C16H23NO2S. The molecule has 0 amide bonds. The molecule has 0 N–H and O–H groups in total. The van der Waals surface area contributed by atoms with Crippen LogP contribution in [0.1, 0.15) is 45.8 Å². The van der Waals surface area contributed by atoms with Crippen molar-refractivity contribution < 1.29 is 9.53 Å². The van der Waals surface area contributed by atoms with Gasteiger partial charge in [-0.25, -0.2) is 0 Å². The summed E-state index contributed by atoms with van der Waals surface area (Å²) in [5.74, 6) is 0.276. The van der Waals surface area contributed by atoms with Crippen LogP contribution in [0.5, 0.6) is 0 Å². The normalized spacial score (nSPS) is 27.3. The molecule has 2 heterocycles. The van der Waals surface area contributed by atoms with Gasteiger partial charge in [-0.1, -0.05) is 12.8 Å². The van der Waals surface area contributed by atoms with Crippen LogP contribution in [0.2, 0.25) is 0 Å². The third-order valence-corrected chi connectivity index (χ3v) is 5.50. The highest BCUT2D eigenvalue weighted by molar-refractivity contribution is 7.12. The molecule has 2 atom stereocenters. The number of fused-ring (bicyclic) bond motifs is 1. The second kappa shape index (κ2) is 5.96. The molecule has 0 spiro atoms. The molecule has 1 aromatic rings. The number of hydrogen-bond donors (Lipinski definition) is 0. The first-order chi connectivity index (χ1) is 9.65. The van der Waals surface area contributed by atoms with E-state index in [-0.39, 0.29) is 5.78 Å². The van der Waals surface area contributed by atoms with E-state index in [1.807, 2.05) is 13.0 Å². The maximum absolute atomic E-state index is 12.5. The zero-order valence-electron chi connectivity index (χ0n) is 12.4. The average Bonchev–Trinajstić information content (AvgIpc) is 2.78. The Morgan fingerprint density at radius 1 is 1.40 bits per heavy atom. The summed E-state index contributed by atoms with van der Waals surface area (Å²) in [5, 5.41) is 0. The zero-order valence-corrected chi connectivity index (χ0v) is 13.2. The summed E-state index contributed by atoms with van der Waals surface area (Å²) < 4.78 is 5.88. The highest BCUT2D eigenvalue weighted by Crippen LogP contribution is 2.29. The first-order valence-electron chi connectivity index (χ1n) is 7.61. The number of hydrogen-bond acceptors (Lipinski definition) is 4. The van der Waals surface area contributed by atoms with Crippen molar-refractivity contribution >= 4 is 17.1 Å². The third-order valence-electron chi connectivity index (χ3n) is 4.54. The molecule has 1 aromatic heterocycles. The predicted molar refractivity (Wildman–Crippen MR) is 81.7 cm³/mol. The molecule has 1 saturated carbocycles. The van der Waals surface area contributed by atoms with Gasteiger partial charge in [-0.3, -0.25) is 9.69 Å². The number of thiophene rings is 1. The third kappa shape index (κ3) is 2.83. The molecule has 110 valence electrons. The number of morpholine rings is 1. The minimum Gasteiger partial charge on any atom is -0.375 e. The van der Waals surface area contributed by atoms with Crippen LogP contribution in [0.3, 0.4) is 0 Å². The summed E-state index contributed by atoms with van der Waals surface area (Å²) in [7, 11) is 0. The first kappa shape index (κ1) is 14.2. The molecule has 2 fully saturated rings. The molecular weight excluding hydrogens is 270 g/mol. The van der Waals surface area contributed by atoms with Crippen LogP contribution in [0.25, 0.3) is 0 Å². The molecule has 2 unspecified atom stereocenters. The Morgan fingerprint density at radius 2 is 2.20 bits per heavy atom. The molecule has 0 bridgehead atoms. The number of ketones is 1. The summed E-state index contributed by atoms with van der Waals surface area (Å²) in [5.41, 5.74) is 0.923. The zero-order chi connectivity index (χ0) is 14.1. The highest BCUT2D eigenvalue weighted by Gasteiger charge is 2.35. The van der Waals surface area contributed by atoms with Gasteiger partial charge in [0.15, 0.2) is 5.78 Å². The molecule has 0 aromatic carbocycles. The first-order valence-corrected chi connectivity index (χ1v) is 8.42. The van der Waals surface area contributed by atoms with E-state index >= 15 is 0 Å². The van der Waals surface area contributed by atoms with Crippen molar-refractivity contribution in [2.45, 2.75) is 51.7 Å². The van der Waals surface area contributed by atoms with Gasteiger partial charge < -0.3 is 4.74 Å². The van der Waals surface area contributed by atoms with Gasteiger partial charge in [0.25, 0.3) is 0 Å². The van der Waals surface area contributed by atoms with E-state index in [1.54, 1.807) is 11.3 Å². The number of carbonyl (C=O) groups is 1. The van der Waals surface area contributed by atoms with Crippen molar-refractivity contribution in [3.63, 3.8) is 0 Å². The second-order valence-corrected chi connectivity index (χ2v) is 7.44. The smallest absolute Gasteiger partial charge is 0.177 e. The van der Waals surface area contributed by atoms with Crippen LogP contribution in [-0.4, -0.2) is 42.5 Å². The van der Waals surface area contributed by atoms with Gasteiger partial charge in [0.05, 0.1) is 19.3 Å². The van der Waals surface area contributed by atoms with Crippen molar-refractivity contribution in [3.05, 3.63) is 21.4 Å². The Bertz CT molecular complexity index is 495. The maximum Gasteiger partial charge on any atom is 0.177 e. The van der Waals surface area contributed by atoms with Crippen LogP contribution in [0.4, 0.5) is 0 Å². The number of nitrogens with zero attached hydrogens (tertiary/aromatic N) is 1. The SMILES string of the molecule is Cc1cc(C(=O)CN2CCOC3CCCCC32)c(C)s1. The van der Waals surface area contributed by atoms with Gasteiger partial charge >= 0.3 is 0 Å². The second-order valence-electron chi connectivity index (χ2n) is 5.98. The molecule has 2 aliphatic rings. The standard InChI is InChI=1S/C16H23NO2S/c1-11-9-13(12(2)20-11)15(18)10-17-7-8-19-16-6-4-3-5-14(16)17/h9,14,16H,3-8,10H2,1-2H3. The Hall–Kier alpha value is -0.710. The van der Waals surface area contributed by atoms with Crippen LogP contribution >= 0.6 is 11.3 Å².